The lowest BCUT2D eigenvalue weighted by Crippen LogP contribution is -2.28. The molecule has 2 rings (SSSR count). The van der Waals surface area contributed by atoms with Crippen LogP contribution in [0.3, 0.4) is 0 Å². The SMILES string of the molecule is Cc1cc(C(=O)N(C)c2ccccc2C(N)=S)sc1Br. The molecule has 3 nitrogen and oxygen atoms in total. The van der Waals surface area contributed by atoms with Crippen LogP contribution in [-0.2, 0) is 0 Å². The monoisotopic (exact) mass is 368 g/mol. The summed E-state index contributed by atoms with van der Waals surface area (Å²) in [5.41, 5.74) is 8.17. The zero-order valence-electron chi connectivity index (χ0n) is 11.0. The first kappa shape index (κ1) is 15.2. The minimum atomic E-state index is -0.0764. The molecule has 1 aromatic heterocycles. The van der Waals surface area contributed by atoms with Gasteiger partial charge in [0.15, 0.2) is 0 Å². The van der Waals surface area contributed by atoms with E-state index in [1.54, 1.807) is 11.9 Å². The molecule has 0 aliphatic heterocycles. The fraction of sp³-hybridized carbons (Fsp3) is 0.143. The number of nitrogens with two attached hydrogens (primary N) is 1. The van der Waals surface area contributed by atoms with E-state index < -0.39 is 0 Å². The van der Waals surface area contributed by atoms with Gasteiger partial charge in [-0.3, -0.25) is 4.79 Å². The maximum atomic E-state index is 12.5. The molecule has 0 aliphatic rings. The highest BCUT2D eigenvalue weighted by atomic mass is 79.9. The van der Waals surface area contributed by atoms with Gasteiger partial charge in [0.1, 0.15) is 4.99 Å². The number of carbonyl (C=O) groups is 1. The Kier molecular flexibility index (Phi) is 4.57. The van der Waals surface area contributed by atoms with Gasteiger partial charge in [-0.25, -0.2) is 0 Å². The third kappa shape index (κ3) is 2.92. The molecule has 1 amide bonds. The zero-order chi connectivity index (χ0) is 14.9. The number of halogens is 1. The van der Waals surface area contributed by atoms with Gasteiger partial charge in [-0.1, -0.05) is 24.4 Å². The molecule has 104 valence electrons. The number of carbonyl (C=O) groups excluding carboxylic acids is 1. The van der Waals surface area contributed by atoms with Crippen molar-refractivity contribution >= 4 is 56.1 Å². The van der Waals surface area contributed by atoms with E-state index in [-0.39, 0.29) is 10.9 Å². The molecule has 1 aromatic carbocycles. The van der Waals surface area contributed by atoms with Crippen LogP contribution in [0.2, 0.25) is 0 Å². The Morgan fingerprint density at radius 2 is 2.05 bits per heavy atom. The van der Waals surface area contributed by atoms with Gasteiger partial charge in [-0.05, 0) is 46.6 Å². The van der Waals surface area contributed by atoms with Gasteiger partial charge in [-0.2, -0.15) is 0 Å². The molecule has 2 aromatic rings. The predicted octanol–water partition coefficient (Wildman–Crippen LogP) is 3.73. The van der Waals surface area contributed by atoms with Crippen molar-refractivity contribution in [3.8, 4) is 0 Å². The summed E-state index contributed by atoms with van der Waals surface area (Å²) in [7, 11) is 1.72. The lowest BCUT2D eigenvalue weighted by molar-refractivity contribution is 0.0997. The third-order valence-electron chi connectivity index (χ3n) is 2.90. The van der Waals surface area contributed by atoms with E-state index in [0.717, 1.165) is 9.35 Å². The van der Waals surface area contributed by atoms with Crippen LogP contribution in [0.15, 0.2) is 34.1 Å². The van der Waals surface area contributed by atoms with Crippen molar-refractivity contribution in [2.24, 2.45) is 5.73 Å². The molecular formula is C14H13BrN2OS2. The normalized spacial score (nSPS) is 10.3. The van der Waals surface area contributed by atoms with Gasteiger partial charge in [0.25, 0.3) is 5.91 Å². The zero-order valence-corrected chi connectivity index (χ0v) is 14.2. The average molecular weight is 369 g/mol. The molecule has 0 aliphatic carbocycles. The molecule has 0 saturated carbocycles. The molecular weight excluding hydrogens is 356 g/mol. The number of benzene rings is 1. The second-order valence-corrected chi connectivity index (χ2v) is 7.12. The second kappa shape index (κ2) is 6.03. The molecule has 0 atom stereocenters. The van der Waals surface area contributed by atoms with Gasteiger partial charge in [-0.15, -0.1) is 11.3 Å². The molecule has 0 spiro atoms. The van der Waals surface area contributed by atoms with Crippen LogP contribution in [0.5, 0.6) is 0 Å². The summed E-state index contributed by atoms with van der Waals surface area (Å²) in [6.45, 7) is 1.96. The molecule has 0 bridgehead atoms. The number of para-hydroxylation sites is 1. The van der Waals surface area contributed by atoms with Crippen molar-refractivity contribution in [3.05, 3.63) is 50.1 Å². The summed E-state index contributed by atoms with van der Waals surface area (Å²) in [6, 6.07) is 9.23. The number of aryl methyl sites for hydroxylation is 1. The predicted molar refractivity (Wildman–Crippen MR) is 91.8 cm³/mol. The van der Waals surface area contributed by atoms with Crippen LogP contribution in [0.4, 0.5) is 5.69 Å². The van der Waals surface area contributed by atoms with Gasteiger partial charge in [0.05, 0.1) is 14.4 Å². The Hall–Kier alpha value is -1.24. The van der Waals surface area contributed by atoms with E-state index in [1.807, 2.05) is 37.3 Å². The van der Waals surface area contributed by atoms with E-state index in [0.29, 0.717) is 16.1 Å². The number of rotatable bonds is 3. The summed E-state index contributed by atoms with van der Waals surface area (Å²) in [4.78, 5) is 15.0. The molecule has 0 saturated heterocycles. The number of thiocarbonyl (C=S) groups is 1. The summed E-state index contributed by atoms with van der Waals surface area (Å²) in [5.74, 6) is -0.0764. The van der Waals surface area contributed by atoms with Gasteiger partial charge >= 0.3 is 0 Å². The Morgan fingerprint density at radius 1 is 1.40 bits per heavy atom. The van der Waals surface area contributed by atoms with Gasteiger partial charge in [0, 0.05) is 12.6 Å². The highest BCUT2D eigenvalue weighted by Gasteiger charge is 2.19. The Morgan fingerprint density at radius 3 is 2.60 bits per heavy atom. The van der Waals surface area contributed by atoms with Crippen molar-refractivity contribution in [1.82, 2.24) is 0 Å². The average Bonchev–Trinajstić information content (AvgIpc) is 2.77. The van der Waals surface area contributed by atoms with Crippen molar-refractivity contribution in [2.45, 2.75) is 6.92 Å². The summed E-state index contributed by atoms with van der Waals surface area (Å²) >= 11 is 9.89. The second-order valence-electron chi connectivity index (χ2n) is 4.31. The number of thiophene rings is 1. The molecule has 2 N–H and O–H groups in total. The van der Waals surface area contributed by atoms with Crippen molar-refractivity contribution < 1.29 is 4.79 Å². The van der Waals surface area contributed by atoms with Crippen LogP contribution in [0, 0.1) is 6.92 Å². The first-order chi connectivity index (χ1) is 9.41. The Bertz CT molecular complexity index is 662. The van der Waals surface area contributed by atoms with E-state index in [4.69, 9.17) is 18.0 Å². The summed E-state index contributed by atoms with van der Waals surface area (Å²) < 4.78 is 0.969. The highest BCUT2D eigenvalue weighted by molar-refractivity contribution is 9.11. The quantitative estimate of drug-likeness (QED) is 0.839. The van der Waals surface area contributed by atoms with Crippen molar-refractivity contribution in [1.29, 1.82) is 0 Å². The van der Waals surface area contributed by atoms with E-state index in [1.165, 1.54) is 11.3 Å². The number of hydrogen-bond acceptors (Lipinski definition) is 3. The first-order valence-electron chi connectivity index (χ1n) is 5.84. The lowest BCUT2D eigenvalue weighted by atomic mass is 10.1. The van der Waals surface area contributed by atoms with Gasteiger partial charge < -0.3 is 10.6 Å². The molecule has 0 fully saturated rings. The Balaban J connectivity index is 2.38. The van der Waals surface area contributed by atoms with Crippen LogP contribution >= 0.6 is 39.5 Å². The fourth-order valence-corrected chi connectivity index (χ4v) is 3.50. The lowest BCUT2D eigenvalue weighted by Gasteiger charge is -2.19. The molecule has 0 radical (unpaired) electrons. The largest absolute Gasteiger partial charge is 0.389 e. The third-order valence-corrected chi connectivity index (χ3v) is 5.25. The smallest absolute Gasteiger partial charge is 0.268 e. The fourth-order valence-electron chi connectivity index (χ4n) is 1.81. The molecule has 1 heterocycles. The first-order valence-corrected chi connectivity index (χ1v) is 7.86. The van der Waals surface area contributed by atoms with E-state index >= 15 is 0 Å². The van der Waals surface area contributed by atoms with Crippen LogP contribution in [0.1, 0.15) is 20.8 Å². The maximum absolute atomic E-state index is 12.5. The summed E-state index contributed by atoms with van der Waals surface area (Å²) in [5, 5.41) is 0. The standard InChI is InChI=1S/C14H13BrN2OS2/c1-8-7-11(20-12(8)15)14(18)17(2)10-6-4-3-5-9(10)13(16)19/h3-7H,1-2H3,(H2,16,19). The van der Waals surface area contributed by atoms with E-state index in [2.05, 4.69) is 15.9 Å². The van der Waals surface area contributed by atoms with Crippen LogP contribution in [0.25, 0.3) is 0 Å². The van der Waals surface area contributed by atoms with Crippen LogP contribution < -0.4 is 10.6 Å². The highest BCUT2D eigenvalue weighted by Crippen LogP contribution is 2.29. The Labute approximate surface area is 135 Å². The van der Waals surface area contributed by atoms with E-state index in [9.17, 15) is 4.79 Å². The number of hydrogen-bond donors (Lipinski definition) is 1. The maximum Gasteiger partial charge on any atom is 0.268 e. The van der Waals surface area contributed by atoms with Crippen LogP contribution in [-0.4, -0.2) is 17.9 Å². The minimum absolute atomic E-state index is 0.0764. The number of anilines is 1. The minimum Gasteiger partial charge on any atom is -0.389 e. The molecule has 20 heavy (non-hydrogen) atoms. The van der Waals surface area contributed by atoms with Gasteiger partial charge in [0.2, 0.25) is 0 Å². The molecule has 0 unspecified atom stereocenters. The number of nitrogens with zero attached hydrogens (tertiary/aromatic N) is 1. The van der Waals surface area contributed by atoms with Crippen molar-refractivity contribution in [2.75, 3.05) is 11.9 Å². The molecule has 6 heteroatoms. The van der Waals surface area contributed by atoms with Crippen molar-refractivity contribution in [3.63, 3.8) is 0 Å². The summed E-state index contributed by atoms with van der Waals surface area (Å²) in [6.07, 6.45) is 0. The number of amides is 1. The topological polar surface area (TPSA) is 46.3 Å².